The fraction of sp³-hybridized carbons (Fsp3) is 0.846. The lowest BCUT2D eigenvalue weighted by Crippen LogP contribution is -2.47. The Hall–Kier alpha value is -1.26. The summed E-state index contributed by atoms with van der Waals surface area (Å²) in [4.78, 5) is 22.5. The van der Waals surface area contributed by atoms with E-state index in [9.17, 15) is 9.59 Å². The van der Waals surface area contributed by atoms with E-state index in [2.05, 4.69) is 10.6 Å². The highest BCUT2D eigenvalue weighted by atomic mass is 16.4. The van der Waals surface area contributed by atoms with E-state index in [-0.39, 0.29) is 24.0 Å². The van der Waals surface area contributed by atoms with Crippen molar-refractivity contribution in [3.05, 3.63) is 0 Å². The second-order valence-corrected chi connectivity index (χ2v) is 5.02. The lowest BCUT2D eigenvalue weighted by molar-refractivity contribution is -0.142. The molecule has 0 atom stereocenters. The van der Waals surface area contributed by atoms with E-state index >= 15 is 0 Å². The van der Waals surface area contributed by atoms with Crippen LogP contribution in [-0.4, -0.2) is 29.2 Å². The summed E-state index contributed by atoms with van der Waals surface area (Å²) in [6.45, 7) is 4.10. The molecule has 1 aliphatic carbocycles. The normalized spacial score (nSPS) is 23.7. The summed E-state index contributed by atoms with van der Waals surface area (Å²) >= 11 is 0. The van der Waals surface area contributed by atoms with Gasteiger partial charge in [0.25, 0.3) is 0 Å². The molecule has 0 aromatic carbocycles. The average molecular weight is 256 g/mol. The maximum absolute atomic E-state index is 11.7. The molecule has 0 aromatic rings. The molecule has 3 N–H and O–H groups in total. The molecule has 18 heavy (non-hydrogen) atoms. The van der Waals surface area contributed by atoms with Crippen LogP contribution in [0.2, 0.25) is 0 Å². The highest BCUT2D eigenvalue weighted by Gasteiger charge is 2.26. The molecule has 0 aliphatic heterocycles. The van der Waals surface area contributed by atoms with Gasteiger partial charge in [-0.3, -0.25) is 4.79 Å². The van der Waals surface area contributed by atoms with Gasteiger partial charge in [0.05, 0.1) is 5.92 Å². The van der Waals surface area contributed by atoms with E-state index in [0.717, 1.165) is 25.7 Å². The van der Waals surface area contributed by atoms with Crippen molar-refractivity contribution in [2.45, 2.75) is 64.5 Å². The van der Waals surface area contributed by atoms with Crippen molar-refractivity contribution >= 4 is 12.0 Å². The van der Waals surface area contributed by atoms with E-state index in [1.165, 1.54) is 0 Å². The van der Waals surface area contributed by atoms with Gasteiger partial charge in [0, 0.05) is 12.1 Å². The van der Waals surface area contributed by atoms with Crippen LogP contribution in [0.5, 0.6) is 0 Å². The Morgan fingerprint density at radius 3 is 2.17 bits per heavy atom. The molecule has 0 unspecified atom stereocenters. The first-order valence-corrected chi connectivity index (χ1v) is 6.86. The van der Waals surface area contributed by atoms with Gasteiger partial charge in [0.2, 0.25) is 0 Å². The second-order valence-electron chi connectivity index (χ2n) is 5.02. The molecule has 0 saturated heterocycles. The maximum Gasteiger partial charge on any atom is 0.315 e. The topological polar surface area (TPSA) is 78.4 Å². The van der Waals surface area contributed by atoms with E-state index in [1.54, 1.807) is 0 Å². The first-order valence-electron chi connectivity index (χ1n) is 6.86. The van der Waals surface area contributed by atoms with Crippen LogP contribution in [-0.2, 0) is 4.79 Å². The van der Waals surface area contributed by atoms with Crippen molar-refractivity contribution in [1.29, 1.82) is 0 Å². The lowest BCUT2D eigenvalue weighted by Gasteiger charge is -2.27. The monoisotopic (exact) mass is 256 g/mol. The first kappa shape index (κ1) is 14.8. The van der Waals surface area contributed by atoms with E-state index in [1.807, 2.05) is 13.8 Å². The molecule has 1 rings (SSSR count). The summed E-state index contributed by atoms with van der Waals surface area (Å²) in [6.07, 6.45) is 4.68. The van der Waals surface area contributed by atoms with Crippen LogP contribution in [0.15, 0.2) is 0 Å². The number of rotatable bonds is 5. The van der Waals surface area contributed by atoms with Gasteiger partial charge in [0.15, 0.2) is 0 Å². The fourth-order valence-electron chi connectivity index (χ4n) is 2.39. The zero-order chi connectivity index (χ0) is 13.5. The smallest absolute Gasteiger partial charge is 0.315 e. The number of hydrogen-bond donors (Lipinski definition) is 3. The van der Waals surface area contributed by atoms with E-state index < -0.39 is 5.97 Å². The van der Waals surface area contributed by atoms with Gasteiger partial charge in [-0.15, -0.1) is 0 Å². The highest BCUT2D eigenvalue weighted by Crippen LogP contribution is 2.24. The Balaban J connectivity index is 2.28. The minimum atomic E-state index is -0.713. The molecule has 104 valence electrons. The SMILES string of the molecule is CCC(CC)NC(=O)NC1CCC(C(=O)O)CC1. The van der Waals surface area contributed by atoms with Crippen LogP contribution in [0.25, 0.3) is 0 Å². The Labute approximate surface area is 108 Å². The zero-order valence-corrected chi connectivity index (χ0v) is 11.2. The molecule has 1 saturated carbocycles. The fourth-order valence-corrected chi connectivity index (χ4v) is 2.39. The predicted molar refractivity (Wildman–Crippen MR) is 69.4 cm³/mol. The molecule has 0 radical (unpaired) electrons. The van der Waals surface area contributed by atoms with Gasteiger partial charge >= 0.3 is 12.0 Å². The van der Waals surface area contributed by atoms with E-state index in [0.29, 0.717) is 12.8 Å². The summed E-state index contributed by atoms with van der Waals surface area (Å²) in [5.41, 5.74) is 0. The summed E-state index contributed by atoms with van der Waals surface area (Å²) in [5.74, 6) is -0.944. The lowest BCUT2D eigenvalue weighted by atomic mass is 9.86. The van der Waals surface area contributed by atoms with Crippen molar-refractivity contribution in [2.75, 3.05) is 0 Å². The Morgan fingerprint density at radius 2 is 1.72 bits per heavy atom. The number of urea groups is 1. The molecular formula is C13H24N2O3. The van der Waals surface area contributed by atoms with Crippen molar-refractivity contribution in [2.24, 2.45) is 5.92 Å². The van der Waals surface area contributed by atoms with Gasteiger partial charge in [-0.2, -0.15) is 0 Å². The number of carbonyl (C=O) groups is 2. The zero-order valence-electron chi connectivity index (χ0n) is 11.2. The Bertz CT molecular complexity index is 282. The minimum Gasteiger partial charge on any atom is -0.481 e. The molecule has 0 heterocycles. The van der Waals surface area contributed by atoms with Crippen LogP contribution in [0, 0.1) is 5.92 Å². The molecule has 5 nitrogen and oxygen atoms in total. The third-order valence-corrected chi connectivity index (χ3v) is 3.73. The molecule has 0 bridgehead atoms. The summed E-state index contributed by atoms with van der Waals surface area (Å²) in [5, 5.41) is 14.8. The van der Waals surface area contributed by atoms with Crippen LogP contribution in [0.4, 0.5) is 4.79 Å². The predicted octanol–water partition coefficient (Wildman–Crippen LogP) is 2.12. The van der Waals surface area contributed by atoms with Gasteiger partial charge in [0.1, 0.15) is 0 Å². The van der Waals surface area contributed by atoms with Crippen molar-refractivity contribution < 1.29 is 14.7 Å². The molecular weight excluding hydrogens is 232 g/mol. The number of carbonyl (C=O) groups excluding carboxylic acids is 1. The van der Waals surface area contributed by atoms with Crippen molar-refractivity contribution in [3.63, 3.8) is 0 Å². The van der Waals surface area contributed by atoms with Crippen LogP contribution >= 0.6 is 0 Å². The number of carboxylic acids is 1. The van der Waals surface area contributed by atoms with Gasteiger partial charge in [-0.05, 0) is 38.5 Å². The summed E-state index contributed by atoms with van der Waals surface area (Å²) in [6, 6.07) is 0.220. The molecule has 2 amide bonds. The molecule has 0 spiro atoms. The Morgan fingerprint density at radius 1 is 1.17 bits per heavy atom. The standard InChI is InChI=1S/C13H24N2O3/c1-3-10(4-2)14-13(18)15-11-7-5-9(6-8-11)12(16)17/h9-11H,3-8H2,1-2H3,(H,16,17)(H2,14,15,18). The number of amides is 2. The van der Waals surface area contributed by atoms with Gasteiger partial charge in [-0.1, -0.05) is 13.8 Å². The Kier molecular flexibility index (Phi) is 5.95. The van der Waals surface area contributed by atoms with Crippen molar-refractivity contribution in [3.8, 4) is 0 Å². The quantitative estimate of drug-likeness (QED) is 0.705. The van der Waals surface area contributed by atoms with Crippen LogP contribution in [0.3, 0.4) is 0 Å². The second kappa shape index (κ2) is 7.24. The molecule has 0 aromatic heterocycles. The third-order valence-electron chi connectivity index (χ3n) is 3.73. The number of hydrogen-bond acceptors (Lipinski definition) is 2. The first-order chi connectivity index (χ1) is 8.56. The largest absolute Gasteiger partial charge is 0.481 e. The van der Waals surface area contributed by atoms with Crippen molar-refractivity contribution in [1.82, 2.24) is 10.6 Å². The average Bonchev–Trinajstić information content (AvgIpc) is 2.36. The minimum absolute atomic E-state index is 0.120. The molecule has 1 aliphatic rings. The van der Waals surface area contributed by atoms with Crippen LogP contribution in [0.1, 0.15) is 52.4 Å². The van der Waals surface area contributed by atoms with Gasteiger partial charge in [-0.25, -0.2) is 4.79 Å². The maximum atomic E-state index is 11.7. The number of aliphatic carboxylic acids is 1. The number of carboxylic acid groups (broad SMARTS) is 1. The van der Waals surface area contributed by atoms with E-state index in [4.69, 9.17) is 5.11 Å². The summed E-state index contributed by atoms with van der Waals surface area (Å²) < 4.78 is 0. The van der Waals surface area contributed by atoms with Crippen LogP contribution < -0.4 is 10.6 Å². The van der Waals surface area contributed by atoms with Gasteiger partial charge < -0.3 is 15.7 Å². The third kappa shape index (κ3) is 4.55. The highest BCUT2D eigenvalue weighted by molar-refractivity contribution is 5.74. The summed E-state index contributed by atoms with van der Waals surface area (Å²) in [7, 11) is 0. The molecule has 1 fully saturated rings. The number of nitrogens with one attached hydrogen (secondary N) is 2. The molecule has 5 heteroatoms.